The van der Waals surface area contributed by atoms with E-state index in [9.17, 15) is 4.79 Å². The number of fused-ring (bicyclic) bond motifs is 2. The third kappa shape index (κ3) is 6.01. The molecule has 4 aromatic rings. The Bertz CT molecular complexity index is 1250. The molecule has 34 heavy (non-hydrogen) atoms. The number of nitrogens with zero attached hydrogens (tertiary/aromatic N) is 2. The minimum absolute atomic E-state index is 0.00434. The smallest absolute Gasteiger partial charge is 0.225 e. The fourth-order valence-corrected chi connectivity index (χ4v) is 4.14. The molecule has 1 aromatic heterocycles. The summed E-state index contributed by atoms with van der Waals surface area (Å²) < 4.78 is 0. The fraction of sp³-hybridized carbons (Fsp3) is 0.321. The van der Waals surface area contributed by atoms with Gasteiger partial charge in [-0.25, -0.2) is 4.98 Å². The number of hydrogen-bond donors (Lipinski definition) is 3. The predicted octanol–water partition coefficient (Wildman–Crippen LogP) is 5.54. The van der Waals surface area contributed by atoms with Gasteiger partial charge >= 0.3 is 0 Å². The second-order valence-corrected chi connectivity index (χ2v) is 8.69. The van der Waals surface area contributed by atoms with Gasteiger partial charge in [0.15, 0.2) is 0 Å². The van der Waals surface area contributed by atoms with Crippen LogP contribution in [-0.4, -0.2) is 35.0 Å². The molecular weight excluding hydrogens is 422 g/mol. The van der Waals surface area contributed by atoms with E-state index in [1.807, 2.05) is 48.5 Å². The molecule has 0 saturated heterocycles. The van der Waals surface area contributed by atoms with Gasteiger partial charge in [-0.1, -0.05) is 74.4 Å². The molecule has 0 bridgehead atoms. The van der Waals surface area contributed by atoms with Gasteiger partial charge in [-0.05, 0) is 41.8 Å². The number of amides is 1. The molecule has 6 nitrogen and oxygen atoms in total. The zero-order chi connectivity index (χ0) is 23.8. The second kappa shape index (κ2) is 11.5. The normalized spacial score (nSPS) is 11.9. The number of rotatable bonds is 11. The first-order chi connectivity index (χ1) is 16.6. The van der Waals surface area contributed by atoms with Crippen molar-refractivity contribution in [2.24, 2.45) is 0 Å². The molecule has 6 heteroatoms. The number of hydrogen-bond acceptors (Lipinski definition) is 5. The predicted molar refractivity (Wildman–Crippen MR) is 141 cm³/mol. The molecule has 0 spiro atoms. The van der Waals surface area contributed by atoms with Crippen LogP contribution >= 0.6 is 0 Å². The van der Waals surface area contributed by atoms with Gasteiger partial charge < -0.3 is 16.0 Å². The number of nitrogens with one attached hydrogen (secondary N) is 3. The zero-order valence-corrected chi connectivity index (χ0v) is 20.0. The number of para-hydroxylation sites is 1. The van der Waals surface area contributed by atoms with Gasteiger partial charge in [0, 0.05) is 24.5 Å². The van der Waals surface area contributed by atoms with Crippen molar-refractivity contribution in [3.05, 3.63) is 72.3 Å². The van der Waals surface area contributed by atoms with Crippen molar-refractivity contribution in [2.75, 3.05) is 23.7 Å². The maximum Gasteiger partial charge on any atom is 0.225 e. The van der Waals surface area contributed by atoms with Crippen LogP contribution in [0.1, 0.15) is 38.7 Å². The fourth-order valence-electron chi connectivity index (χ4n) is 4.14. The highest BCUT2D eigenvalue weighted by Gasteiger charge is 2.11. The standard InChI is InChI=1S/C28H33N5O/c1-3-4-10-20(2)31-27-24-15-7-8-16-25(24)32-28(33-27)30-18-17-29-26(34)19-22-13-9-12-21-11-5-6-14-23(21)22/h5-9,11-16,20H,3-4,10,17-19H2,1-2H3,(H,29,34)(H2,30,31,32,33). The maximum absolute atomic E-state index is 12.5. The molecule has 0 aliphatic heterocycles. The van der Waals surface area contributed by atoms with Crippen LogP contribution in [0.2, 0.25) is 0 Å². The van der Waals surface area contributed by atoms with Crippen LogP contribution in [0.5, 0.6) is 0 Å². The summed E-state index contributed by atoms with van der Waals surface area (Å²) in [5, 5.41) is 13.1. The van der Waals surface area contributed by atoms with Crippen molar-refractivity contribution in [1.29, 1.82) is 0 Å². The second-order valence-electron chi connectivity index (χ2n) is 8.69. The van der Waals surface area contributed by atoms with Crippen molar-refractivity contribution in [1.82, 2.24) is 15.3 Å². The summed E-state index contributed by atoms with van der Waals surface area (Å²) in [5.74, 6) is 1.41. The SMILES string of the molecule is CCCCC(C)Nc1nc(NCCNC(=O)Cc2cccc3ccccc23)nc2ccccc12. The molecule has 1 amide bonds. The first-order valence-electron chi connectivity index (χ1n) is 12.1. The molecule has 1 atom stereocenters. The van der Waals surface area contributed by atoms with Crippen LogP contribution in [0.15, 0.2) is 66.7 Å². The molecule has 0 fully saturated rings. The number of anilines is 2. The Balaban J connectivity index is 1.34. The van der Waals surface area contributed by atoms with E-state index in [-0.39, 0.29) is 5.91 Å². The monoisotopic (exact) mass is 455 g/mol. The number of carbonyl (C=O) groups is 1. The third-order valence-electron chi connectivity index (χ3n) is 5.94. The Morgan fingerprint density at radius 1 is 0.912 bits per heavy atom. The molecule has 3 N–H and O–H groups in total. The molecule has 1 unspecified atom stereocenters. The van der Waals surface area contributed by atoms with Crippen LogP contribution in [-0.2, 0) is 11.2 Å². The van der Waals surface area contributed by atoms with E-state index in [1.54, 1.807) is 0 Å². The number of benzene rings is 3. The molecule has 176 valence electrons. The van der Waals surface area contributed by atoms with Crippen LogP contribution in [0.25, 0.3) is 21.7 Å². The molecule has 0 aliphatic rings. The van der Waals surface area contributed by atoms with E-state index in [2.05, 4.69) is 53.0 Å². The van der Waals surface area contributed by atoms with Gasteiger partial charge in [-0.3, -0.25) is 4.79 Å². The summed E-state index contributed by atoms with van der Waals surface area (Å²) in [4.78, 5) is 21.9. The highest BCUT2D eigenvalue weighted by atomic mass is 16.1. The Hall–Kier alpha value is -3.67. The summed E-state index contributed by atoms with van der Waals surface area (Å²) in [6.07, 6.45) is 3.81. The van der Waals surface area contributed by atoms with Gasteiger partial charge in [0.1, 0.15) is 5.82 Å². The van der Waals surface area contributed by atoms with Crippen LogP contribution < -0.4 is 16.0 Å². The van der Waals surface area contributed by atoms with Crippen LogP contribution in [0.4, 0.5) is 11.8 Å². The van der Waals surface area contributed by atoms with Crippen molar-refractivity contribution in [3.8, 4) is 0 Å². The first kappa shape index (κ1) is 23.5. The molecular formula is C28H33N5O. The van der Waals surface area contributed by atoms with Gasteiger partial charge in [0.05, 0.1) is 11.9 Å². The molecule has 0 aliphatic carbocycles. The Morgan fingerprint density at radius 3 is 2.53 bits per heavy atom. The van der Waals surface area contributed by atoms with E-state index in [1.165, 1.54) is 12.8 Å². The average Bonchev–Trinajstić information content (AvgIpc) is 2.85. The first-order valence-corrected chi connectivity index (χ1v) is 12.1. The molecule has 3 aromatic carbocycles. The minimum Gasteiger partial charge on any atom is -0.367 e. The van der Waals surface area contributed by atoms with Crippen LogP contribution in [0, 0.1) is 0 Å². The van der Waals surface area contributed by atoms with Gasteiger partial charge in [0.25, 0.3) is 0 Å². The van der Waals surface area contributed by atoms with E-state index in [0.717, 1.165) is 39.5 Å². The quantitative estimate of drug-likeness (QED) is 0.259. The van der Waals surface area contributed by atoms with Crippen molar-refractivity contribution in [2.45, 2.75) is 45.6 Å². The average molecular weight is 456 g/mol. The number of carbonyl (C=O) groups excluding carboxylic acids is 1. The van der Waals surface area contributed by atoms with Crippen molar-refractivity contribution < 1.29 is 4.79 Å². The minimum atomic E-state index is 0.00434. The molecule has 1 heterocycles. The molecule has 4 rings (SSSR count). The Labute approximate surface area is 201 Å². The molecule has 0 saturated carbocycles. The summed E-state index contributed by atoms with van der Waals surface area (Å²) in [6.45, 7) is 5.43. The van der Waals surface area contributed by atoms with Crippen molar-refractivity contribution in [3.63, 3.8) is 0 Å². The van der Waals surface area contributed by atoms with Gasteiger partial charge in [0.2, 0.25) is 11.9 Å². The Kier molecular flexibility index (Phi) is 7.91. The van der Waals surface area contributed by atoms with E-state index in [0.29, 0.717) is 31.5 Å². The number of unbranched alkanes of at least 4 members (excludes halogenated alkanes) is 1. The Morgan fingerprint density at radius 2 is 1.68 bits per heavy atom. The van der Waals surface area contributed by atoms with Gasteiger partial charge in [-0.15, -0.1) is 0 Å². The third-order valence-corrected chi connectivity index (χ3v) is 5.94. The molecule has 0 radical (unpaired) electrons. The summed E-state index contributed by atoms with van der Waals surface area (Å²) in [6, 6.07) is 22.6. The van der Waals surface area contributed by atoms with Gasteiger partial charge in [-0.2, -0.15) is 4.98 Å². The van der Waals surface area contributed by atoms with Crippen molar-refractivity contribution >= 4 is 39.3 Å². The summed E-state index contributed by atoms with van der Waals surface area (Å²) in [7, 11) is 0. The largest absolute Gasteiger partial charge is 0.367 e. The maximum atomic E-state index is 12.5. The van der Waals surface area contributed by atoms with E-state index >= 15 is 0 Å². The highest BCUT2D eigenvalue weighted by Crippen LogP contribution is 2.23. The summed E-state index contributed by atoms with van der Waals surface area (Å²) in [5.41, 5.74) is 1.93. The van der Waals surface area contributed by atoms with E-state index in [4.69, 9.17) is 4.98 Å². The lowest BCUT2D eigenvalue weighted by Crippen LogP contribution is -2.30. The number of aromatic nitrogens is 2. The zero-order valence-electron chi connectivity index (χ0n) is 20.0. The summed E-state index contributed by atoms with van der Waals surface area (Å²) >= 11 is 0. The lowest BCUT2D eigenvalue weighted by molar-refractivity contribution is -0.120. The highest BCUT2D eigenvalue weighted by molar-refractivity contribution is 5.91. The lowest BCUT2D eigenvalue weighted by Gasteiger charge is -2.17. The van der Waals surface area contributed by atoms with E-state index < -0.39 is 0 Å². The van der Waals surface area contributed by atoms with Crippen LogP contribution in [0.3, 0.4) is 0 Å². The topological polar surface area (TPSA) is 78.9 Å². The lowest BCUT2D eigenvalue weighted by atomic mass is 10.0.